The minimum absolute atomic E-state index is 0.280. The van der Waals surface area contributed by atoms with E-state index in [2.05, 4.69) is 9.72 Å². The van der Waals surface area contributed by atoms with Crippen molar-refractivity contribution in [3.05, 3.63) is 59.4 Å². The zero-order chi connectivity index (χ0) is 14.4. The van der Waals surface area contributed by atoms with Crippen LogP contribution in [0.3, 0.4) is 0 Å². The maximum atomic E-state index is 11.2. The molecule has 0 N–H and O–H groups in total. The van der Waals surface area contributed by atoms with Crippen molar-refractivity contribution in [3.63, 3.8) is 0 Å². The number of ether oxygens (including phenoxy) is 2. The van der Waals surface area contributed by atoms with Crippen LogP contribution >= 0.6 is 0 Å². The summed E-state index contributed by atoms with van der Waals surface area (Å²) in [7, 11) is 1.32. The molecule has 1 aromatic heterocycles. The molecule has 0 fully saturated rings. The molecule has 0 saturated carbocycles. The molecule has 0 unspecified atom stereocenters. The highest BCUT2D eigenvalue weighted by Crippen LogP contribution is 2.13. The molecule has 5 heteroatoms. The number of pyridine rings is 1. The lowest BCUT2D eigenvalue weighted by atomic mass is 10.2. The summed E-state index contributed by atoms with van der Waals surface area (Å²) in [5.41, 5.74) is 1.68. The Bertz CT molecular complexity index is 590. The average molecular weight is 271 g/mol. The van der Waals surface area contributed by atoms with Crippen molar-refractivity contribution in [3.8, 4) is 5.75 Å². The summed E-state index contributed by atoms with van der Waals surface area (Å²) in [4.78, 5) is 25.9. The van der Waals surface area contributed by atoms with Crippen molar-refractivity contribution < 1.29 is 19.1 Å². The molecule has 102 valence electrons. The van der Waals surface area contributed by atoms with Gasteiger partial charge in [0, 0.05) is 11.8 Å². The van der Waals surface area contributed by atoms with Gasteiger partial charge in [0.15, 0.2) is 0 Å². The van der Waals surface area contributed by atoms with E-state index in [1.165, 1.54) is 13.3 Å². The first-order valence-electron chi connectivity index (χ1n) is 5.94. The van der Waals surface area contributed by atoms with Crippen LogP contribution in [0.25, 0.3) is 0 Å². The van der Waals surface area contributed by atoms with Gasteiger partial charge in [-0.1, -0.05) is 0 Å². The summed E-state index contributed by atoms with van der Waals surface area (Å²) in [5, 5.41) is 0. The Hall–Kier alpha value is -2.69. The maximum Gasteiger partial charge on any atom is 0.339 e. The third kappa shape index (κ3) is 3.41. The fourth-order valence-electron chi connectivity index (χ4n) is 1.55. The number of methoxy groups -OCH3 is 1. The highest BCUT2D eigenvalue weighted by atomic mass is 16.5. The SMILES string of the molecule is COC(=O)c1ccc(COc2ccc(C=O)cc2)nc1. The van der Waals surface area contributed by atoms with Crippen molar-refractivity contribution in [1.82, 2.24) is 4.98 Å². The second-order valence-corrected chi connectivity index (χ2v) is 4.01. The van der Waals surface area contributed by atoms with Crippen molar-refractivity contribution >= 4 is 12.3 Å². The lowest BCUT2D eigenvalue weighted by Gasteiger charge is -2.06. The molecule has 1 aromatic carbocycles. The van der Waals surface area contributed by atoms with E-state index in [1.54, 1.807) is 36.4 Å². The predicted molar refractivity (Wildman–Crippen MR) is 71.7 cm³/mol. The van der Waals surface area contributed by atoms with E-state index in [1.807, 2.05) is 0 Å². The van der Waals surface area contributed by atoms with Crippen molar-refractivity contribution in [2.24, 2.45) is 0 Å². The Labute approximate surface area is 116 Å². The summed E-state index contributed by atoms with van der Waals surface area (Å²) in [5.74, 6) is 0.226. The van der Waals surface area contributed by atoms with Crippen molar-refractivity contribution in [2.45, 2.75) is 6.61 Å². The zero-order valence-electron chi connectivity index (χ0n) is 10.9. The van der Waals surface area contributed by atoms with Gasteiger partial charge in [0.05, 0.1) is 18.4 Å². The second kappa shape index (κ2) is 6.47. The second-order valence-electron chi connectivity index (χ2n) is 4.01. The van der Waals surface area contributed by atoms with Gasteiger partial charge in [-0.3, -0.25) is 9.78 Å². The molecular formula is C15H13NO4. The van der Waals surface area contributed by atoms with E-state index >= 15 is 0 Å². The molecule has 1 heterocycles. The van der Waals surface area contributed by atoms with Gasteiger partial charge in [0.2, 0.25) is 0 Å². The summed E-state index contributed by atoms with van der Waals surface area (Å²) < 4.78 is 10.1. The smallest absolute Gasteiger partial charge is 0.339 e. The summed E-state index contributed by atoms with van der Waals surface area (Å²) in [6, 6.07) is 10.1. The molecule has 0 atom stereocenters. The number of aromatic nitrogens is 1. The number of nitrogens with zero attached hydrogens (tertiary/aromatic N) is 1. The van der Waals surface area contributed by atoms with Crippen LogP contribution in [0.1, 0.15) is 26.4 Å². The van der Waals surface area contributed by atoms with Crippen LogP contribution in [0.4, 0.5) is 0 Å². The number of aldehydes is 1. The van der Waals surface area contributed by atoms with E-state index < -0.39 is 5.97 Å². The fraction of sp³-hybridized carbons (Fsp3) is 0.133. The first kappa shape index (κ1) is 13.7. The monoisotopic (exact) mass is 271 g/mol. The van der Waals surface area contributed by atoms with Gasteiger partial charge in [-0.2, -0.15) is 0 Å². The molecule has 0 bridgehead atoms. The third-order valence-corrected chi connectivity index (χ3v) is 2.65. The number of rotatable bonds is 5. The Kier molecular flexibility index (Phi) is 4.44. The molecule has 0 aliphatic carbocycles. The molecule has 2 rings (SSSR count). The van der Waals surface area contributed by atoms with Crippen LogP contribution in [0, 0.1) is 0 Å². The highest BCUT2D eigenvalue weighted by Gasteiger charge is 2.05. The summed E-state index contributed by atoms with van der Waals surface area (Å²) in [6.45, 7) is 0.280. The van der Waals surface area contributed by atoms with Gasteiger partial charge in [-0.25, -0.2) is 4.79 Å². The largest absolute Gasteiger partial charge is 0.487 e. The Morgan fingerprint density at radius 3 is 2.50 bits per heavy atom. The third-order valence-electron chi connectivity index (χ3n) is 2.65. The molecule has 5 nitrogen and oxygen atoms in total. The van der Waals surface area contributed by atoms with Crippen LogP contribution in [0.15, 0.2) is 42.6 Å². The standard InChI is InChI=1S/C15H13NO4/c1-19-15(18)12-4-5-13(16-8-12)10-20-14-6-2-11(9-17)3-7-14/h2-9H,10H2,1H3. The molecule has 0 amide bonds. The Balaban J connectivity index is 1.96. The molecule has 2 aromatic rings. The van der Waals surface area contributed by atoms with Gasteiger partial charge in [-0.15, -0.1) is 0 Å². The number of hydrogen-bond acceptors (Lipinski definition) is 5. The van der Waals surface area contributed by atoms with Gasteiger partial charge in [0.1, 0.15) is 18.6 Å². The van der Waals surface area contributed by atoms with E-state index in [-0.39, 0.29) is 6.61 Å². The predicted octanol–water partition coefficient (Wildman–Crippen LogP) is 2.26. The molecule has 0 spiro atoms. The molecule has 0 saturated heterocycles. The lowest BCUT2D eigenvalue weighted by molar-refractivity contribution is 0.0600. The fourth-order valence-corrected chi connectivity index (χ4v) is 1.55. The van der Waals surface area contributed by atoms with Gasteiger partial charge in [0.25, 0.3) is 0 Å². The normalized spacial score (nSPS) is 9.85. The van der Waals surface area contributed by atoms with Crippen molar-refractivity contribution in [1.29, 1.82) is 0 Å². The van der Waals surface area contributed by atoms with E-state index in [9.17, 15) is 9.59 Å². The van der Waals surface area contributed by atoms with Gasteiger partial charge >= 0.3 is 5.97 Å². The van der Waals surface area contributed by atoms with Gasteiger partial charge in [-0.05, 0) is 36.4 Å². The van der Waals surface area contributed by atoms with Crippen LogP contribution in [-0.2, 0) is 11.3 Å². The quantitative estimate of drug-likeness (QED) is 0.616. The molecule has 20 heavy (non-hydrogen) atoms. The average Bonchev–Trinajstić information content (AvgIpc) is 2.53. The number of carbonyl (C=O) groups is 2. The first-order chi connectivity index (χ1) is 9.72. The Morgan fingerprint density at radius 2 is 1.95 bits per heavy atom. The minimum atomic E-state index is -0.422. The van der Waals surface area contributed by atoms with E-state index in [0.717, 1.165) is 6.29 Å². The number of esters is 1. The lowest BCUT2D eigenvalue weighted by Crippen LogP contribution is -2.04. The van der Waals surface area contributed by atoms with E-state index in [4.69, 9.17) is 4.74 Å². The Morgan fingerprint density at radius 1 is 1.20 bits per heavy atom. The van der Waals surface area contributed by atoms with Crippen LogP contribution < -0.4 is 4.74 Å². The van der Waals surface area contributed by atoms with Crippen molar-refractivity contribution in [2.75, 3.05) is 7.11 Å². The van der Waals surface area contributed by atoms with Crippen LogP contribution in [-0.4, -0.2) is 24.3 Å². The number of benzene rings is 1. The van der Waals surface area contributed by atoms with E-state index in [0.29, 0.717) is 22.6 Å². The highest BCUT2D eigenvalue weighted by molar-refractivity contribution is 5.88. The summed E-state index contributed by atoms with van der Waals surface area (Å²) in [6.07, 6.45) is 2.22. The topological polar surface area (TPSA) is 65.5 Å². The van der Waals surface area contributed by atoms with Crippen LogP contribution in [0.2, 0.25) is 0 Å². The molecule has 0 aliphatic heterocycles. The zero-order valence-corrected chi connectivity index (χ0v) is 10.9. The molecule has 0 aliphatic rings. The summed E-state index contributed by atoms with van der Waals surface area (Å²) >= 11 is 0. The number of hydrogen-bond donors (Lipinski definition) is 0. The van der Waals surface area contributed by atoms with Gasteiger partial charge < -0.3 is 9.47 Å². The first-order valence-corrected chi connectivity index (χ1v) is 5.94. The van der Waals surface area contributed by atoms with Crippen LogP contribution in [0.5, 0.6) is 5.75 Å². The molecular weight excluding hydrogens is 258 g/mol. The maximum absolute atomic E-state index is 11.2. The minimum Gasteiger partial charge on any atom is -0.487 e. The number of carbonyl (C=O) groups excluding carboxylic acids is 2. The molecule has 0 radical (unpaired) electrons.